The Kier molecular flexibility index (Phi) is 5.17. The molecule has 130 valence electrons. The molecule has 1 heterocycles. The molecule has 2 rings (SSSR count). The van der Waals surface area contributed by atoms with Crippen LogP contribution in [0.15, 0.2) is 24.3 Å². The fraction of sp³-hybridized carbons (Fsp3) is 0.429. The van der Waals surface area contributed by atoms with Gasteiger partial charge in [0.05, 0.1) is 22.0 Å². The summed E-state index contributed by atoms with van der Waals surface area (Å²) in [5.74, 6) is -1.35. The Labute approximate surface area is 138 Å². The lowest BCUT2D eigenvalue weighted by molar-refractivity contribution is -0.384. The zero-order valence-corrected chi connectivity index (χ0v) is 13.7. The van der Waals surface area contributed by atoms with E-state index in [4.69, 9.17) is 4.74 Å². The van der Waals surface area contributed by atoms with E-state index >= 15 is 0 Å². The van der Waals surface area contributed by atoms with Crippen molar-refractivity contribution in [1.82, 2.24) is 4.90 Å². The second-order valence-electron chi connectivity index (χ2n) is 5.44. The summed E-state index contributed by atoms with van der Waals surface area (Å²) < 4.78 is 27.7. The minimum atomic E-state index is -3.12. The summed E-state index contributed by atoms with van der Waals surface area (Å²) >= 11 is 0. The Balaban J connectivity index is 1.89. The predicted molar refractivity (Wildman–Crippen MR) is 83.2 cm³/mol. The maximum absolute atomic E-state index is 12.0. The van der Waals surface area contributed by atoms with E-state index in [1.165, 1.54) is 24.1 Å². The number of carbonyl (C=O) groups is 2. The van der Waals surface area contributed by atoms with Gasteiger partial charge in [0.1, 0.15) is 0 Å². The molecule has 0 aromatic heterocycles. The number of benzene rings is 1. The van der Waals surface area contributed by atoms with Gasteiger partial charge < -0.3 is 9.64 Å². The Bertz CT molecular complexity index is 758. The number of nitro benzene ring substituents is 1. The average Bonchev–Trinajstić information content (AvgIpc) is 2.91. The van der Waals surface area contributed by atoms with Crippen molar-refractivity contribution >= 4 is 27.4 Å². The molecule has 0 bridgehead atoms. The Morgan fingerprint density at radius 1 is 1.33 bits per heavy atom. The number of sulfone groups is 1. The van der Waals surface area contributed by atoms with Gasteiger partial charge in [-0.2, -0.15) is 0 Å². The predicted octanol–water partition coefficient (Wildman–Crippen LogP) is 0.397. The van der Waals surface area contributed by atoms with Crippen LogP contribution in [0.1, 0.15) is 16.8 Å². The van der Waals surface area contributed by atoms with Crippen molar-refractivity contribution in [2.24, 2.45) is 0 Å². The number of nitro groups is 1. The van der Waals surface area contributed by atoms with E-state index in [9.17, 15) is 28.1 Å². The SMILES string of the molecule is CN(C(=O)COC(=O)c1ccc([N+](=O)[O-])cc1)C1CCS(=O)(=O)C1. The first-order valence-electron chi connectivity index (χ1n) is 7.07. The maximum Gasteiger partial charge on any atom is 0.338 e. The zero-order chi connectivity index (χ0) is 17.9. The van der Waals surface area contributed by atoms with Crippen molar-refractivity contribution in [2.45, 2.75) is 12.5 Å². The number of hydrogen-bond acceptors (Lipinski definition) is 7. The summed E-state index contributed by atoms with van der Waals surface area (Å²) in [6.45, 7) is -0.525. The van der Waals surface area contributed by atoms with Crippen LogP contribution >= 0.6 is 0 Å². The molecular formula is C14H16N2O7S. The summed E-state index contributed by atoms with van der Waals surface area (Å²) in [5.41, 5.74) is -0.0794. The molecule has 1 aromatic carbocycles. The van der Waals surface area contributed by atoms with Gasteiger partial charge in [0.15, 0.2) is 16.4 Å². The molecule has 1 saturated heterocycles. The van der Waals surface area contributed by atoms with Crippen LogP contribution in [0, 0.1) is 10.1 Å². The molecule has 1 aromatic rings. The number of esters is 1. The number of likely N-dealkylation sites (N-methyl/N-ethyl adjacent to an activating group) is 1. The molecule has 1 unspecified atom stereocenters. The minimum absolute atomic E-state index is 0.0396. The van der Waals surface area contributed by atoms with Crippen LogP contribution in [-0.2, 0) is 19.4 Å². The number of non-ortho nitro benzene ring substituents is 1. The number of carbonyl (C=O) groups excluding carboxylic acids is 2. The molecule has 9 nitrogen and oxygen atoms in total. The van der Waals surface area contributed by atoms with Crippen LogP contribution in [0.5, 0.6) is 0 Å². The van der Waals surface area contributed by atoms with Gasteiger partial charge in [0, 0.05) is 25.2 Å². The molecule has 1 amide bonds. The molecule has 1 aliphatic rings. The maximum atomic E-state index is 12.0. The Morgan fingerprint density at radius 2 is 1.96 bits per heavy atom. The van der Waals surface area contributed by atoms with E-state index in [-0.39, 0.29) is 22.8 Å². The number of hydrogen-bond donors (Lipinski definition) is 0. The molecule has 0 aliphatic carbocycles. The molecule has 1 fully saturated rings. The first-order chi connectivity index (χ1) is 11.2. The normalized spacial score (nSPS) is 18.8. The van der Waals surface area contributed by atoms with Crippen LogP contribution in [0.2, 0.25) is 0 Å². The second kappa shape index (κ2) is 6.95. The fourth-order valence-corrected chi connectivity index (χ4v) is 4.09. The van der Waals surface area contributed by atoms with Gasteiger partial charge in [-0.3, -0.25) is 14.9 Å². The van der Waals surface area contributed by atoms with Gasteiger partial charge >= 0.3 is 5.97 Å². The monoisotopic (exact) mass is 356 g/mol. The van der Waals surface area contributed by atoms with E-state index in [1.54, 1.807) is 0 Å². The molecule has 24 heavy (non-hydrogen) atoms. The van der Waals surface area contributed by atoms with Crippen LogP contribution in [0.25, 0.3) is 0 Å². The standard InChI is InChI=1S/C14H16N2O7S/c1-15(12-6-7-24(21,22)9-12)13(17)8-23-14(18)10-2-4-11(5-3-10)16(19)20/h2-5,12H,6-9H2,1H3. The fourth-order valence-electron chi connectivity index (χ4n) is 2.32. The third kappa shape index (κ3) is 4.28. The van der Waals surface area contributed by atoms with E-state index in [2.05, 4.69) is 0 Å². The lowest BCUT2D eigenvalue weighted by atomic mass is 10.2. The molecule has 0 spiro atoms. The van der Waals surface area contributed by atoms with Gasteiger partial charge in [-0.1, -0.05) is 0 Å². The summed E-state index contributed by atoms with van der Waals surface area (Å²) in [4.78, 5) is 35.0. The van der Waals surface area contributed by atoms with E-state index in [0.29, 0.717) is 6.42 Å². The van der Waals surface area contributed by atoms with Crippen molar-refractivity contribution in [3.05, 3.63) is 39.9 Å². The highest BCUT2D eigenvalue weighted by molar-refractivity contribution is 7.91. The van der Waals surface area contributed by atoms with E-state index in [1.807, 2.05) is 0 Å². The molecule has 0 N–H and O–H groups in total. The molecule has 0 saturated carbocycles. The average molecular weight is 356 g/mol. The molecule has 1 atom stereocenters. The molecule has 1 aliphatic heterocycles. The third-order valence-electron chi connectivity index (χ3n) is 3.79. The quantitative estimate of drug-likeness (QED) is 0.425. The van der Waals surface area contributed by atoms with Crippen molar-refractivity contribution < 1.29 is 27.7 Å². The van der Waals surface area contributed by atoms with Gasteiger partial charge in [0.2, 0.25) is 0 Å². The van der Waals surface area contributed by atoms with Crippen LogP contribution < -0.4 is 0 Å². The molecule has 10 heteroatoms. The first-order valence-corrected chi connectivity index (χ1v) is 8.89. The van der Waals surface area contributed by atoms with E-state index < -0.39 is 39.3 Å². The first kappa shape index (κ1) is 17.9. The summed E-state index contributed by atoms with van der Waals surface area (Å²) in [5, 5.41) is 10.5. The Morgan fingerprint density at radius 3 is 2.46 bits per heavy atom. The third-order valence-corrected chi connectivity index (χ3v) is 5.54. The summed E-state index contributed by atoms with van der Waals surface area (Å²) in [6.07, 6.45) is 0.362. The highest BCUT2D eigenvalue weighted by atomic mass is 32.2. The number of ether oxygens (including phenoxy) is 1. The van der Waals surface area contributed by atoms with Gasteiger partial charge in [-0.25, -0.2) is 13.2 Å². The number of nitrogens with zero attached hydrogens (tertiary/aromatic N) is 2. The van der Waals surface area contributed by atoms with Gasteiger partial charge in [-0.15, -0.1) is 0 Å². The highest BCUT2D eigenvalue weighted by Crippen LogP contribution is 2.17. The zero-order valence-electron chi connectivity index (χ0n) is 12.9. The Hall–Kier alpha value is -2.49. The van der Waals surface area contributed by atoms with E-state index in [0.717, 1.165) is 12.1 Å². The lowest BCUT2D eigenvalue weighted by Gasteiger charge is -2.23. The molecular weight excluding hydrogens is 340 g/mol. The number of rotatable bonds is 5. The van der Waals surface area contributed by atoms with Crippen LogP contribution in [-0.4, -0.2) is 61.3 Å². The van der Waals surface area contributed by atoms with Crippen molar-refractivity contribution in [3.8, 4) is 0 Å². The van der Waals surface area contributed by atoms with Crippen molar-refractivity contribution in [3.63, 3.8) is 0 Å². The van der Waals surface area contributed by atoms with Gasteiger partial charge in [-0.05, 0) is 18.6 Å². The smallest absolute Gasteiger partial charge is 0.338 e. The molecule has 0 radical (unpaired) electrons. The van der Waals surface area contributed by atoms with Gasteiger partial charge in [0.25, 0.3) is 11.6 Å². The topological polar surface area (TPSA) is 124 Å². The minimum Gasteiger partial charge on any atom is -0.452 e. The summed E-state index contributed by atoms with van der Waals surface area (Å²) in [7, 11) is -1.65. The van der Waals surface area contributed by atoms with Crippen LogP contribution in [0.3, 0.4) is 0 Å². The van der Waals surface area contributed by atoms with Crippen molar-refractivity contribution in [1.29, 1.82) is 0 Å². The lowest BCUT2D eigenvalue weighted by Crippen LogP contribution is -2.40. The number of amides is 1. The van der Waals surface area contributed by atoms with Crippen LogP contribution in [0.4, 0.5) is 5.69 Å². The largest absolute Gasteiger partial charge is 0.452 e. The van der Waals surface area contributed by atoms with Crippen molar-refractivity contribution in [2.75, 3.05) is 25.2 Å². The second-order valence-corrected chi connectivity index (χ2v) is 7.67. The summed E-state index contributed by atoms with van der Waals surface area (Å²) in [6, 6.07) is 4.37. The highest BCUT2D eigenvalue weighted by Gasteiger charge is 2.32.